The predicted octanol–water partition coefficient (Wildman–Crippen LogP) is 4.06. The molecular formula is C28H30N2O3. The third-order valence-corrected chi connectivity index (χ3v) is 6.28. The summed E-state index contributed by atoms with van der Waals surface area (Å²) in [5, 5.41) is 0. The zero-order valence-electron chi connectivity index (χ0n) is 19.2. The van der Waals surface area contributed by atoms with Gasteiger partial charge < -0.3 is 14.5 Å². The third kappa shape index (κ3) is 5.43. The molecule has 3 aromatic rings. The van der Waals surface area contributed by atoms with Crippen molar-refractivity contribution in [3.63, 3.8) is 0 Å². The lowest BCUT2D eigenvalue weighted by Gasteiger charge is -2.24. The van der Waals surface area contributed by atoms with Crippen LogP contribution >= 0.6 is 0 Å². The van der Waals surface area contributed by atoms with Crippen molar-refractivity contribution >= 4 is 11.8 Å². The summed E-state index contributed by atoms with van der Waals surface area (Å²) in [5.74, 6) is 0.584. The lowest BCUT2D eigenvalue weighted by atomic mass is 9.91. The van der Waals surface area contributed by atoms with Crippen molar-refractivity contribution in [3.05, 3.63) is 90.0 Å². The van der Waals surface area contributed by atoms with Crippen LogP contribution in [0.3, 0.4) is 0 Å². The fourth-order valence-corrected chi connectivity index (χ4v) is 4.44. The van der Waals surface area contributed by atoms with E-state index in [0.29, 0.717) is 32.5 Å². The number of carbonyl (C=O) groups is 2. The first kappa shape index (κ1) is 22.6. The van der Waals surface area contributed by atoms with Gasteiger partial charge >= 0.3 is 0 Å². The number of hydrogen-bond acceptors (Lipinski definition) is 3. The van der Waals surface area contributed by atoms with E-state index in [9.17, 15) is 9.59 Å². The van der Waals surface area contributed by atoms with Gasteiger partial charge in [-0.05, 0) is 40.8 Å². The predicted molar refractivity (Wildman–Crippen MR) is 130 cm³/mol. The van der Waals surface area contributed by atoms with Crippen LogP contribution in [0.2, 0.25) is 0 Å². The minimum absolute atomic E-state index is 0.0349. The van der Waals surface area contributed by atoms with Gasteiger partial charge in [0, 0.05) is 26.7 Å². The first-order chi connectivity index (χ1) is 16.0. The highest BCUT2D eigenvalue weighted by atomic mass is 16.5. The van der Waals surface area contributed by atoms with Gasteiger partial charge in [-0.25, -0.2) is 0 Å². The summed E-state index contributed by atoms with van der Waals surface area (Å²) in [6, 6.07) is 26.0. The van der Waals surface area contributed by atoms with Crippen LogP contribution in [0.1, 0.15) is 11.1 Å². The molecule has 4 rings (SSSR count). The molecule has 170 valence electrons. The molecule has 5 heteroatoms. The Kier molecular flexibility index (Phi) is 7.08. The molecular weight excluding hydrogens is 412 g/mol. The second-order valence-electron chi connectivity index (χ2n) is 8.55. The molecule has 0 aromatic heterocycles. The summed E-state index contributed by atoms with van der Waals surface area (Å²) in [5.41, 5.74) is 4.30. The van der Waals surface area contributed by atoms with Crippen LogP contribution in [0.5, 0.6) is 5.75 Å². The van der Waals surface area contributed by atoms with Crippen LogP contribution in [0.15, 0.2) is 78.9 Å². The Bertz CT molecular complexity index is 1110. The largest absolute Gasteiger partial charge is 0.497 e. The molecule has 2 amide bonds. The monoisotopic (exact) mass is 442 g/mol. The highest BCUT2D eigenvalue weighted by Crippen LogP contribution is 2.27. The van der Waals surface area contributed by atoms with Crippen LogP contribution in [-0.4, -0.2) is 55.4 Å². The van der Waals surface area contributed by atoms with Gasteiger partial charge in [0.05, 0.1) is 19.4 Å². The Morgan fingerprint density at radius 2 is 1.73 bits per heavy atom. The molecule has 5 nitrogen and oxygen atoms in total. The molecule has 0 unspecified atom stereocenters. The van der Waals surface area contributed by atoms with E-state index in [2.05, 4.69) is 24.3 Å². The molecule has 0 radical (unpaired) electrons. The molecule has 1 saturated heterocycles. The number of nitrogens with zero attached hydrogens (tertiary/aromatic N) is 2. The van der Waals surface area contributed by atoms with E-state index in [1.807, 2.05) is 66.5 Å². The number of likely N-dealkylation sites (N-methyl/N-ethyl adjacent to an activating group) is 1. The number of amides is 2. The van der Waals surface area contributed by atoms with Crippen LogP contribution in [-0.2, 0) is 22.4 Å². The highest BCUT2D eigenvalue weighted by Gasteiger charge is 2.31. The topological polar surface area (TPSA) is 49.9 Å². The second-order valence-corrected chi connectivity index (χ2v) is 8.55. The lowest BCUT2D eigenvalue weighted by molar-refractivity contribution is -0.133. The minimum atomic E-state index is -0.281. The molecule has 1 fully saturated rings. The maximum atomic E-state index is 13.2. The minimum Gasteiger partial charge on any atom is -0.497 e. The standard InChI is InChI=1S/C28H30N2O3/c1-29-15-16-30(27(31)18-21-9-8-13-25(17-21)33-2)20-24(28(29)32)19-23-12-6-7-14-26(23)22-10-4-3-5-11-22/h3-14,17,24H,15-16,18-20H2,1-2H3/t24-/m0/s1. The van der Waals surface area contributed by atoms with Gasteiger partial charge in [-0.2, -0.15) is 0 Å². The van der Waals surface area contributed by atoms with Gasteiger partial charge in [-0.1, -0.05) is 66.7 Å². The summed E-state index contributed by atoms with van der Waals surface area (Å²) < 4.78 is 5.28. The Morgan fingerprint density at radius 3 is 2.52 bits per heavy atom. The van der Waals surface area contributed by atoms with Gasteiger partial charge in [0.2, 0.25) is 11.8 Å². The molecule has 33 heavy (non-hydrogen) atoms. The van der Waals surface area contributed by atoms with Gasteiger partial charge in [0.15, 0.2) is 0 Å². The van der Waals surface area contributed by atoms with Gasteiger partial charge in [-0.3, -0.25) is 9.59 Å². The van der Waals surface area contributed by atoms with Crippen molar-refractivity contribution < 1.29 is 14.3 Å². The van der Waals surface area contributed by atoms with Crippen molar-refractivity contribution in [2.24, 2.45) is 5.92 Å². The second kappa shape index (κ2) is 10.3. The van der Waals surface area contributed by atoms with Crippen LogP contribution < -0.4 is 4.74 Å². The summed E-state index contributed by atoms with van der Waals surface area (Å²) in [7, 11) is 3.45. The van der Waals surface area contributed by atoms with E-state index in [-0.39, 0.29) is 17.7 Å². The Balaban J connectivity index is 1.54. The molecule has 0 saturated carbocycles. The van der Waals surface area contributed by atoms with Crippen molar-refractivity contribution in [1.29, 1.82) is 0 Å². The molecule has 1 heterocycles. The van der Waals surface area contributed by atoms with Crippen molar-refractivity contribution in [2.75, 3.05) is 33.8 Å². The quantitative estimate of drug-likeness (QED) is 0.578. The molecule has 0 aliphatic carbocycles. The summed E-state index contributed by atoms with van der Waals surface area (Å²) >= 11 is 0. The van der Waals surface area contributed by atoms with Crippen molar-refractivity contribution in [1.82, 2.24) is 9.80 Å². The van der Waals surface area contributed by atoms with E-state index in [1.165, 1.54) is 0 Å². The number of rotatable bonds is 6. The summed E-state index contributed by atoms with van der Waals surface area (Å²) in [4.78, 5) is 30.0. The van der Waals surface area contributed by atoms with Gasteiger partial charge in [0.25, 0.3) is 0 Å². The Hall–Kier alpha value is -3.60. The SMILES string of the molecule is COc1cccc(CC(=O)N2CCN(C)C(=O)[C@@H](Cc3ccccc3-c3ccccc3)C2)c1. The number of carbonyl (C=O) groups excluding carboxylic acids is 2. The van der Waals surface area contributed by atoms with Crippen LogP contribution in [0.4, 0.5) is 0 Å². The van der Waals surface area contributed by atoms with Crippen LogP contribution in [0.25, 0.3) is 11.1 Å². The fraction of sp³-hybridized carbons (Fsp3) is 0.286. The first-order valence-corrected chi connectivity index (χ1v) is 11.3. The third-order valence-electron chi connectivity index (χ3n) is 6.28. The highest BCUT2D eigenvalue weighted by molar-refractivity contribution is 5.83. The van der Waals surface area contributed by atoms with E-state index in [4.69, 9.17) is 4.74 Å². The molecule has 1 atom stereocenters. The molecule has 0 N–H and O–H groups in total. The summed E-state index contributed by atoms with van der Waals surface area (Å²) in [6.45, 7) is 1.51. The number of hydrogen-bond donors (Lipinski definition) is 0. The molecule has 1 aliphatic rings. The first-order valence-electron chi connectivity index (χ1n) is 11.3. The molecule has 3 aromatic carbocycles. The average molecular weight is 443 g/mol. The molecule has 1 aliphatic heterocycles. The maximum absolute atomic E-state index is 13.2. The van der Waals surface area contributed by atoms with Gasteiger partial charge in [0.1, 0.15) is 5.75 Å². The zero-order valence-corrected chi connectivity index (χ0v) is 19.2. The number of benzene rings is 3. The smallest absolute Gasteiger partial charge is 0.227 e. The lowest BCUT2D eigenvalue weighted by Crippen LogP contribution is -2.38. The molecule has 0 bridgehead atoms. The average Bonchev–Trinajstić information content (AvgIpc) is 2.99. The fourth-order valence-electron chi connectivity index (χ4n) is 4.44. The zero-order chi connectivity index (χ0) is 23.2. The van der Waals surface area contributed by atoms with Gasteiger partial charge in [-0.15, -0.1) is 0 Å². The van der Waals surface area contributed by atoms with Crippen LogP contribution in [0, 0.1) is 5.92 Å². The maximum Gasteiger partial charge on any atom is 0.227 e. The van der Waals surface area contributed by atoms with Crippen molar-refractivity contribution in [2.45, 2.75) is 12.8 Å². The van der Waals surface area contributed by atoms with Crippen molar-refractivity contribution in [3.8, 4) is 16.9 Å². The molecule has 0 spiro atoms. The van der Waals surface area contributed by atoms with E-state index < -0.39 is 0 Å². The van der Waals surface area contributed by atoms with E-state index in [0.717, 1.165) is 28.0 Å². The Morgan fingerprint density at radius 1 is 0.970 bits per heavy atom. The van der Waals surface area contributed by atoms with E-state index in [1.54, 1.807) is 12.0 Å². The number of ether oxygens (including phenoxy) is 1. The normalized spacial score (nSPS) is 16.4. The summed E-state index contributed by atoms with van der Waals surface area (Å²) in [6.07, 6.45) is 0.888. The number of methoxy groups -OCH3 is 1. The van der Waals surface area contributed by atoms with E-state index >= 15 is 0 Å². The Labute approximate surface area is 195 Å².